The van der Waals surface area contributed by atoms with E-state index in [-0.39, 0.29) is 5.41 Å². The summed E-state index contributed by atoms with van der Waals surface area (Å²) in [5, 5.41) is 9.66. The van der Waals surface area contributed by atoms with Gasteiger partial charge in [-0.3, -0.25) is 0 Å². The third-order valence-electron chi connectivity index (χ3n) is 7.00. The van der Waals surface area contributed by atoms with Crippen LogP contribution < -0.4 is 15.2 Å². The van der Waals surface area contributed by atoms with Crippen LogP contribution in [0.1, 0.15) is 47.1 Å². The van der Waals surface area contributed by atoms with Gasteiger partial charge in [0.25, 0.3) is 0 Å². The zero-order valence-corrected chi connectivity index (χ0v) is 19.8. The third kappa shape index (κ3) is 5.18. The van der Waals surface area contributed by atoms with E-state index in [1.165, 1.54) is 17.5 Å². The van der Waals surface area contributed by atoms with Crippen molar-refractivity contribution >= 4 is 0 Å². The molecule has 1 aliphatic carbocycles. The van der Waals surface area contributed by atoms with Gasteiger partial charge in [0, 0.05) is 12.0 Å². The van der Waals surface area contributed by atoms with Crippen LogP contribution in [0.3, 0.4) is 0 Å². The van der Waals surface area contributed by atoms with Crippen LogP contribution in [0.15, 0.2) is 97.1 Å². The summed E-state index contributed by atoms with van der Waals surface area (Å²) in [6.07, 6.45) is 3.48. The Kier molecular flexibility index (Phi) is 6.73. The highest BCUT2D eigenvalue weighted by molar-refractivity contribution is 5.45. The summed E-state index contributed by atoms with van der Waals surface area (Å²) in [7, 11) is 0. The van der Waals surface area contributed by atoms with Crippen molar-refractivity contribution in [1.29, 1.82) is 0 Å². The Morgan fingerprint density at radius 1 is 0.657 bits per heavy atom. The summed E-state index contributed by atoms with van der Waals surface area (Å²) in [4.78, 5) is 0. The molecule has 0 spiro atoms. The van der Waals surface area contributed by atoms with E-state index in [1.54, 1.807) is 12.1 Å². The van der Waals surface area contributed by atoms with Crippen molar-refractivity contribution in [1.82, 2.24) is 0 Å². The molecule has 0 atom stereocenters. The topological polar surface area (TPSA) is 64.7 Å². The van der Waals surface area contributed by atoms with Gasteiger partial charge in [0.2, 0.25) is 0 Å². The van der Waals surface area contributed by atoms with Gasteiger partial charge in [0.05, 0.1) is 0 Å². The third-order valence-corrected chi connectivity index (χ3v) is 7.00. The van der Waals surface area contributed by atoms with Gasteiger partial charge in [-0.05, 0) is 83.1 Å². The van der Waals surface area contributed by atoms with Gasteiger partial charge in [-0.1, -0.05) is 61.0 Å². The van der Waals surface area contributed by atoms with E-state index >= 15 is 0 Å². The maximum absolute atomic E-state index is 9.66. The minimum absolute atomic E-state index is 0.0468. The quantitative estimate of drug-likeness (QED) is 0.297. The fourth-order valence-corrected chi connectivity index (χ4v) is 4.79. The summed E-state index contributed by atoms with van der Waals surface area (Å²) in [6, 6.07) is 32.3. The van der Waals surface area contributed by atoms with Crippen LogP contribution in [0.5, 0.6) is 17.2 Å². The first-order chi connectivity index (χ1) is 17.1. The zero-order valence-electron chi connectivity index (χ0n) is 19.8. The number of hydrogen-bond acceptors (Lipinski definition) is 4. The average Bonchev–Trinajstić information content (AvgIpc) is 2.88. The molecule has 4 heteroatoms. The second-order valence-electron chi connectivity index (χ2n) is 9.25. The van der Waals surface area contributed by atoms with E-state index in [1.807, 2.05) is 42.5 Å². The molecule has 5 rings (SSSR count). The molecule has 0 amide bonds. The smallest absolute Gasteiger partial charge is 0.119 e. The molecule has 0 aliphatic heterocycles. The van der Waals surface area contributed by atoms with Crippen molar-refractivity contribution in [2.45, 2.75) is 44.4 Å². The molecule has 0 unspecified atom stereocenters. The van der Waals surface area contributed by atoms with Gasteiger partial charge in [0.1, 0.15) is 30.5 Å². The van der Waals surface area contributed by atoms with Gasteiger partial charge >= 0.3 is 0 Å². The molecular formula is C31H31NO3. The summed E-state index contributed by atoms with van der Waals surface area (Å²) in [6.45, 7) is 1.54. The molecule has 0 saturated heterocycles. The van der Waals surface area contributed by atoms with Gasteiger partial charge in [-0.15, -0.1) is 0 Å². The number of aromatic hydroxyl groups is 1. The Balaban J connectivity index is 1.19. The van der Waals surface area contributed by atoms with E-state index in [0.717, 1.165) is 41.0 Å². The highest BCUT2D eigenvalue weighted by Crippen LogP contribution is 2.49. The van der Waals surface area contributed by atoms with E-state index in [2.05, 4.69) is 42.5 Å². The predicted octanol–water partition coefficient (Wildman–Crippen LogP) is 6.48. The molecule has 3 N–H and O–H groups in total. The Morgan fingerprint density at radius 3 is 1.66 bits per heavy atom. The number of ether oxygens (including phenoxy) is 2. The molecule has 0 radical (unpaired) electrons. The first kappa shape index (κ1) is 23.0. The van der Waals surface area contributed by atoms with E-state index in [4.69, 9.17) is 15.2 Å². The lowest BCUT2D eigenvalue weighted by atomic mass is 9.60. The van der Waals surface area contributed by atoms with Gasteiger partial charge in [-0.2, -0.15) is 0 Å². The number of phenolic OH excluding ortho intramolecular Hbond substituents is 1. The monoisotopic (exact) mass is 465 g/mol. The molecule has 4 aromatic rings. The Morgan fingerprint density at radius 2 is 1.17 bits per heavy atom. The van der Waals surface area contributed by atoms with Crippen molar-refractivity contribution < 1.29 is 14.6 Å². The largest absolute Gasteiger partial charge is 0.508 e. The van der Waals surface area contributed by atoms with Crippen molar-refractivity contribution in [3.05, 3.63) is 125 Å². The number of nitrogens with two attached hydrogens (primary N) is 1. The van der Waals surface area contributed by atoms with Crippen molar-refractivity contribution in [3.63, 3.8) is 0 Å². The lowest BCUT2D eigenvalue weighted by molar-refractivity contribution is 0.295. The maximum Gasteiger partial charge on any atom is 0.119 e. The van der Waals surface area contributed by atoms with Gasteiger partial charge in [0.15, 0.2) is 0 Å². The molecular weight excluding hydrogens is 434 g/mol. The van der Waals surface area contributed by atoms with Crippen LogP contribution in [0.4, 0.5) is 0 Å². The molecule has 4 aromatic carbocycles. The summed E-state index contributed by atoms with van der Waals surface area (Å²) in [5.74, 6) is 2.00. The molecule has 178 valence electrons. The normalized spacial score (nSPS) is 14.2. The van der Waals surface area contributed by atoms with Gasteiger partial charge < -0.3 is 20.3 Å². The highest BCUT2D eigenvalue weighted by Gasteiger charge is 2.40. The minimum Gasteiger partial charge on any atom is -0.508 e. The number of hydrogen-bond donors (Lipinski definition) is 2. The van der Waals surface area contributed by atoms with E-state index < -0.39 is 0 Å². The molecule has 1 saturated carbocycles. The molecule has 35 heavy (non-hydrogen) atoms. The minimum atomic E-state index is 0.0468. The predicted molar refractivity (Wildman–Crippen MR) is 139 cm³/mol. The van der Waals surface area contributed by atoms with Crippen LogP contribution in [-0.2, 0) is 25.2 Å². The van der Waals surface area contributed by atoms with Crippen LogP contribution >= 0.6 is 0 Å². The lowest BCUT2D eigenvalue weighted by Gasteiger charge is -2.43. The van der Waals surface area contributed by atoms with E-state index in [9.17, 15) is 5.11 Å². The highest BCUT2D eigenvalue weighted by atomic mass is 16.5. The molecule has 0 heterocycles. The standard InChI is InChI=1S/C31H31NO3/c32-20-23-5-13-29(14-6-23)34-21-24-3-1-4-25(19-24)22-35-30-15-9-27(10-16-30)31(17-2-18-31)26-7-11-28(33)12-8-26/h1,3-16,19,33H,2,17-18,20-22,32H2. The van der Waals surface area contributed by atoms with Crippen molar-refractivity contribution in [3.8, 4) is 17.2 Å². The lowest BCUT2D eigenvalue weighted by Crippen LogP contribution is -2.35. The van der Waals surface area contributed by atoms with Gasteiger partial charge in [-0.25, -0.2) is 0 Å². The molecule has 0 aromatic heterocycles. The van der Waals surface area contributed by atoms with Crippen molar-refractivity contribution in [2.75, 3.05) is 0 Å². The Hall–Kier alpha value is -3.76. The maximum atomic E-state index is 9.66. The van der Waals surface area contributed by atoms with Crippen LogP contribution in [0.2, 0.25) is 0 Å². The fraction of sp³-hybridized carbons (Fsp3) is 0.226. The Bertz CT molecular complexity index is 1240. The second kappa shape index (κ2) is 10.2. The van der Waals surface area contributed by atoms with Crippen LogP contribution in [0, 0.1) is 0 Å². The molecule has 1 aliphatic rings. The summed E-state index contributed by atoms with van der Waals surface area (Å²) >= 11 is 0. The first-order valence-corrected chi connectivity index (χ1v) is 12.2. The SMILES string of the molecule is NCc1ccc(OCc2cccc(COc3ccc(C4(c5ccc(O)cc5)CCC4)cc3)c2)cc1. The van der Waals surface area contributed by atoms with Crippen LogP contribution in [0.25, 0.3) is 0 Å². The van der Waals surface area contributed by atoms with E-state index in [0.29, 0.717) is 25.5 Å². The molecule has 1 fully saturated rings. The summed E-state index contributed by atoms with van der Waals surface area (Å²) in [5.41, 5.74) is 11.6. The average molecular weight is 466 g/mol. The Labute approximate surface area is 207 Å². The number of rotatable bonds is 9. The second-order valence-corrected chi connectivity index (χ2v) is 9.25. The van der Waals surface area contributed by atoms with Crippen LogP contribution in [-0.4, -0.2) is 5.11 Å². The fourth-order valence-electron chi connectivity index (χ4n) is 4.79. The first-order valence-electron chi connectivity index (χ1n) is 12.2. The molecule has 0 bridgehead atoms. The van der Waals surface area contributed by atoms with Crippen molar-refractivity contribution in [2.24, 2.45) is 5.73 Å². The molecule has 4 nitrogen and oxygen atoms in total. The zero-order chi connectivity index (χ0) is 24.1. The number of phenols is 1. The summed E-state index contributed by atoms with van der Waals surface area (Å²) < 4.78 is 12.0. The number of benzene rings is 4.